The number of pyridine rings is 1. The molecule has 3 N–H and O–H groups in total. The Morgan fingerprint density at radius 2 is 1.82 bits per heavy atom. The quantitative estimate of drug-likeness (QED) is 0.669. The number of fused-ring (bicyclic) bond motifs is 4. The fourth-order valence-corrected chi connectivity index (χ4v) is 3.12. The number of nitriles is 2. The summed E-state index contributed by atoms with van der Waals surface area (Å²) in [7, 11) is 0. The van der Waals surface area contributed by atoms with Crippen LogP contribution in [0.15, 0.2) is 30.5 Å². The highest BCUT2D eigenvalue weighted by atomic mass is 35.5. The first-order valence-corrected chi connectivity index (χ1v) is 8.54. The van der Waals surface area contributed by atoms with E-state index in [9.17, 15) is 15.3 Å². The van der Waals surface area contributed by atoms with Crippen LogP contribution in [0.5, 0.6) is 0 Å². The smallest absolute Gasteiger partial charge is 0.227 e. The van der Waals surface area contributed by atoms with E-state index in [0.717, 1.165) is 30.5 Å². The Balaban J connectivity index is 0.00000196. The van der Waals surface area contributed by atoms with Crippen molar-refractivity contribution < 1.29 is 4.79 Å². The van der Waals surface area contributed by atoms with E-state index in [1.807, 2.05) is 31.2 Å². The lowest BCUT2D eigenvalue weighted by atomic mass is 9.94. The molecule has 0 aliphatic carbocycles. The number of hydrogen-bond acceptors (Lipinski definition) is 5. The van der Waals surface area contributed by atoms with Gasteiger partial charge in [-0.25, -0.2) is 0 Å². The van der Waals surface area contributed by atoms with E-state index in [0.29, 0.717) is 11.3 Å². The Hall–Kier alpha value is -2.64. The van der Waals surface area contributed by atoms with E-state index in [1.165, 1.54) is 0 Å². The number of hydrogen-bond donors (Lipinski definition) is 2. The van der Waals surface area contributed by atoms with Crippen LogP contribution < -0.4 is 11.1 Å². The lowest BCUT2D eigenvalue weighted by Gasteiger charge is -2.19. The molecular formula is C20H21Cl2N5O. The number of aromatic nitrogens is 1. The van der Waals surface area contributed by atoms with Crippen LogP contribution in [-0.2, 0) is 4.79 Å². The van der Waals surface area contributed by atoms with Gasteiger partial charge in [-0.3, -0.25) is 9.78 Å². The molecule has 1 aromatic heterocycles. The van der Waals surface area contributed by atoms with Gasteiger partial charge in [-0.05, 0) is 42.7 Å². The SMILES string of the molecule is C[C@@H]1CCC[C@H](N)c2cc(ccn2)-c2cc(C#N)c(C#N)cc2NC1=O.Cl.Cl. The highest BCUT2D eigenvalue weighted by Gasteiger charge is 2.20. The summed E-state index contributed by atoms with van der Waals surface area (Å²) in [6, 6.07) is 10.7. The second-order valence-electron chi connectivity index (χ2n) is 6.56. The summed E-state index contributed by atoms with van der Waals surface area (Å²) in [5, 5.41) is 21.6. The maximum Gasteiger partial charge on any atom is 0.227 e. The van der Waals surface area contributed by atoms with Gasteiger partial charge in [0.25, 0.3) is 0 Å². The molecule has 0 fully saturated rings. The number of halogens is 2. The Bertz CT molecular complexity index is 949. The first-order chi connectivity index (χ1) is 12.5. The third-order valence-corrected chi connectivity index (χ3v) is 4.73. The average molecular weight is 418 g/mol. The van der Waals surface area contributed by atoms with E-state index in [4.69, 9.17) is 5.73 Å². The Kier molecular flexibility index (Phi) is 8.40. The molecule has 1 aromatic carbocycles. The summed E-state index contributed by atoms with van der Waals surface area (Å²) in [4.78, 5) is 16.9. The van der Waals surface area contributed by atoms with Gasteiger partial charge in [0.2, 0.25) is 5.91 Å². The number of benzene rings is 1. The molecule has 0 saturated heterocycles. The van der Waals surface area contributed by atoms with Gasteiger partial charge in [0.05, 0.1) is 16.8 Å². The molecule has 28 heavy (non-hydrogen) atoms. The predicted molar refractivity (Wildman–Crippen MR) is 112 cm³/mol. The molecule has 2 heterocycles. The van der Waals surface area contributed by atoms with Gasteiger partial charge in [-0.15, -0.1) is 24.8 Å². The molecule has 146 valence electrons. The first kappa shape index (κ1) is 23.4. The number of carbonyl (C=O) groups is 1. The van der Waals surface area contributed by atoms with Gasteiger partial charge in [0, 0.05) is 29.4 Å². The number of carbonyl (C=O) groups excluding carboxylic acids is 1. The van der Waals surface area contributed by atoms with Crippen molar-refractivity contribution in [1.29, 1.82) is 10.5 Å². The Morgan fingerprint density at radius 3 is 2.50 bits per heavy atom. The highest BCUT2D eigenvalue weighted by molar-refractivity contribution is 5.97. The van der Waals surface area contributed by atoms with E-state index in [-0.39, 0.29) is 53.8 Å². The molecule has 0 saturated carbocycles. The third kappa shape index (κ3) is 4.79. The normalized spacial score (nSPS) is 18.4. The average Bonchev–Trinajstić information content (AvgIpc) is 2.66. The molecule has 0 spiro atoms. The predicted octanol–water partition coefficient (Wildman–Crippen LogP) is 4.09. The fourth-order valence-electron chi connectivity index (χ4n) is 3.12. The van der Waals surface area contributed by atoms with Crippen LogP contribution in [0.1, 0.15) is 49.0 Å². The molecule has 2 aromatic rings. The lowest BCUT2D eigenvalue weighted by Crippen LogP contribution is -2.22. The van der Waals surface area contributed by atoms with Crippen LogP contribution in [0.4, 0.5) is 5.69 Å². The van der Waals surface area contributed by atoms with Crippen molar-refractivity contribution in [1.82, 2.24) is 4.98 Å². The van der Waals surface area contributed by atoms with Crippen molar-refractivity contribution in [2.24, 2.45) is 11.7 Å². The fraction of sp³-hybridized carbons (Fsp3) is 0.300. The van der Waals surface area contributed by atoms with Crippen molar-refractivity contribution in [3.63, 3.8) is 0 Å². The van der Waals surface area contributed by atoms with Gasteiger partial charge in [0.15, 0.2) is 0 Å². The molecule has 1 amide bonds. The van der Waals surface area contributed by atoms with Crippen LogP contribution in [0.2, 0.25) is 0 Å². The van der Waals surface area contributed by atoms with E-state index >= 15 is 0 Å². The topological polar surface area (TPSA) is 116 Å². The number of nitrogens with one attached hydrogen (secondary N) is 1. The third-order valence-electron chi connectivity index (χ3n) is 4.73. The molecule has 3 rings (SSSR count). The number of nitrogens with zero attached hydrogens (tertiary/aromatic N) is 3. The minimum atomic E-state index is -0.207. The molecule has 6 nitrogen and oxygen atoms in total. The highest BCUT2D eigenvalue weighted by Crippen LogP contribution is 2.33. The van der Waals surface area contributed by atoms with Crippen molar-refractivity contribution in [3.8, 4) is 23.3 Å². The van der Waals surface area contributed by atoms with E-state index < -0.39 is 0 Å². The Morgan fingerprint density at radius 1 is 1.14 bits per heavy atom. The van der Waals surface area contributed by atoms with Crippen molar-refractivity contribution in [3.05, 3.63) is 47.3 Å². The summed E-state index contributed by atoms with van der Waals surface area (Å²) < 4.78 is 0. The van der Waals surface area contributed by atoms with Crippen LogP contribution in [-0.4, -0.2) is 10.9 Å². The molecular weight excluding hydrogens is 397 g/mol. The number of anilines is 1. The van der Waals surface area contributed by atoms with Gasteiger partial charge >= 0.3 is 0 Å². The maximum atomic E-state index is 12.6. The minimum absolute atomic E-state index is 0. The number of rotatable bonds is 0. The van der Waals surface area contributed by atoms with E-state index in [1.54, 1.807) is 18.3 Å². The lowest BCUT2D eigenvalue weighted by molar-refractivity contribution is -0.119. The summed E-state index contributed by atoms with van der Waals surface area (Å²) in [5.74, 6) is -0.287. The number of nitrogens with two attached hydrogens (primary N) is 1. The van der Waals surface area contributed by atoms with Crippen molar-refractivity contribution in [2.75, 3.05) is 5.32 Å². The standard InChI is InChI=1S/C20H19N5O.2ClH/c1-12-3-2-4-17(23)19-8-13(5-6-24-19)16-7-14(10-21)15(11-22)9-18(16)25-20(12)26;;/h5-9,12,17H,2-4,23H2,1H3,(H,25,26);2*1H/t12-,17+;;/m1../s1. The monoisotopic (exact) mass is 417 g/mol. The van der Waals surface area contributed by atoms with Gasteiger partial charge in [-0.2, -0.15) is 10.5 Å². The molecule has 8 heteroatoms. The summed E-state index contributed by atoms with van der Waals surface area (Å²) in [6.45, 7) is 1.87. The summed E-state index contributed by atoms with van der Waals surface area (Å²) >= 11 is 0. The molecule has 2 bridgehead atoms. The molecule has 0 unspecified atom stereocenters. The van der Waals surface area contributed by atoms with Gasteiger partial charge in [0.1, 0.15) is 12.1 Å². The maximum absolute atomic E-state index is 12.6. The summed E-state index contributed by atoms with van der Waals surface area (Å²) in [5.41, 5.74) is 9.53. The zero-order chi connectivity index (χ0) is 18.7. The first-order valence-electron chi connectivity index (χ1n) is 8.54. The van der Waals surface area contributed by atoms with Crippen LogP contribution >= 0.6 is 24.8 Å². The van der Waals surface area contributed by atoms with E-state index in [2.05, 4.69) is 10.3 Å². The molecule has 2 atom stereocenters. The Labute approximate surface area is 176 Å². The van der Waals surface area contributed by atoms with Crippen LogP contribution in [0.3, 0.4) is 0 Å². The second kappa shape index (κ2) is 10.1. The molecule has 0 radical (unpaired) electrons. The van der Waals surface area contributed by atoms with Gasteiger partial charge < -0.3 is 11.1 Å². The number of amides is 1. The zero-order valence-electron chi connectivity index (χ0n) is 15.3. The van der Waals surface area contributed by atoms with Crippen molar-refractivity contribution >= 4 is 36.4 Å². The van der Waals surface area contributed by atoms with Crippen molar-refractivity contribution in [2.45, 2.75) is 32.2 Å². The molecule has 1 aliphatic rings. The minimum Gasteiger partial charge on any atom is -0.325 e. The molecule has 1 aliphatic heterocycles. The van der Waals surface area contributed by atoms with Crippen LogP contribution in [0, 0.1) is 28.6 Å². The van der Waals surface area contributed by atoms with Crippen LogP contribution in [0.25, 0.3) is 11.1 Å². The zero-order valence-corrected chi connectivity index (χ0v) is 16.9. The summed E-state index contributed by atoms with van der Waals surface area (Å²) in [6.07, 6.45) is 3.97. The van der Waals surface area contributed by atoms with Gasteiger partial charge in [-0.1, -0.05) is 13.3 Å². The largest absolute Gasteiger partial charge is 0.325 e. The second-order valence-corrected chi connectivity index (χ2v) is 6.56.